The predicted octanol–water partition coefficient (Wildman–Crippen LogP) is 2.80. The van der Waals surface area contributed by atoms with Gasteiger partial charge in [0.15, 0.2) is 0 Å². The standard InChI is InChI=1S/C33H42O11/c1-16-22(37)14-24(42-19(4)35)32(8)26(16)28(43-20(5)36)33(31(6,7)40)15-23(41-18(3)34)17(2)25(33)27(38)29(32)44-30(39)21-12-10-9-11-13-21/h9-13,22-24,26-29,37-38,40H,1,14-15H2,2-8H3. The zero-order chi connectivity index (χ0) is 32.9. The molecule has 0 amide bonds. The minimum absolute atomic E-state index is 0.111. The Labute approximate surface area is 256 Å². The normalized spacial score (nSPS) is 35.1. The third-order valence-corrected chi connectivity index (χ3v) is 9.75. The van der Waals surface area contributed by atoms with Gasteiger partial charge < -0.3 is 34.3 Å². The maximum absolute atomic E-state index is 13.6. The minimum Gasteiger partial charge on any atom is -0.462 e. The third-order valence-electron chi connectivity index (χ3n) is 9.75. The van der Waals surface area contributed by atoms with Gasteiger partial charge in [-0.25, -0.2) is 4.79 Å². The first-order chi connectivity index (χ1) is 20.4. The Bertz CT molecular complexity index is 1380. The fraction of sp³-hybridized carbons (Fsp3) is 0.576. The number of rotatable bonds is 6. The third kappa shape index (κ3) is 5.35. The van der Waals surface area contributed by atoms with Crippen LogP contribution in [-0.4, -0.2) is 81.4 Å². The molecule has 240 valence electrons. The molecule has 3 aliphatic carbocycles. The van der Waals surface area contributed by atoms with E-state index in [0.717, 1.165) is 0 Å². The summed E-state index contributed by atoms with van der Waals surface area (Å²) in [6.45, 7) is 14.0. The van der Waals surface area contributed by atoms with E-state index in [4.69, 9.17) is 18.9 Å². The molecule has 0 saturated heterocycles. The van der Waals surface area contributed by atoms with Crippen LogP contribution in [0.4, 0.5) is 0 Å². The summed E-state index contributed by atoms with van der Waals surface area (Å²) < 4.78 is 23.6. The van der Waals surface area contributed by atoms with Crippen molar-refractivity contribution < 1.29 is 53.4 Å². The average molecular weight is 615 g/mol. The molecule has 2 fully saturated rings. The second-order valence-electron chi connectivity index (χ2n) is 12.9. The molecule has 0 radical (unpaired) electrons. The van der Waals surface area contributed by atoms with E-state index in [1.165, 1.54) is 46.8 Å². The van der Waals surface area contributed by atoms with Gasteiger partial charge in [-0.3, -0.25) is 14.4 Å². The van der Waals surface area contributed by atoms with Crippen molar-refractivity contribution in [1.29, 1.82) is 0 Å². The number of aliphatic hydroxyl groups excluding tert-OH is 2. The van der Waals surface area contributed by atoms with Crippen LogP contribution >= 0.6 is 0 Å². The molecule has 0 heterocycles. The summed E-state index contributed by atoms with van der Waals surface area (Å²) in [7, 11) is 0. The van der Waals surface area contributed by atoms with Gasteiger partial charge in [0.2, 0.25) is 0 Å². The molecule has 9 atom stereocenters. The second-order valence-corrected chi connectivity index (χ2v) is 12.9. The van der Waals surface area contributed by atoms with Crippen LogP contribution in [0.2, 0.25) is 0 Å². The molecule has 1 aromatic carbocycles. The van der Waals surface area contributed by atoms with Crippen LogP contribution in [0.25, 0.3) is 0 Å². The van der Waals surface area contributed by atoms with Gasteiger partial charge in [-0.15, -0.1) is 0 Å². The molecule has 44 heavy (non-hydrogen) atoms. The first-order valence-electron chi connectivity index (χ1n) is 14.6. The molecule has 0 bridgehead atoms. The van der Waals surface area contributed by atoms with Crippen molar-refractivity contribution in [3.63, 3.8) is 0 Å². The Kier molecular flexibility index (Phi) is 8.91. The lowest BCUT2D eigenvalue weighted by molar-refractivity contribution is -0.208. The molecule has 11 heteroatoms. The highest BCUT2D eigenvalue weighted by Gasteiger charge is 2.73. The Hall–Kier alpha value is -3.54. The molecule has 3 N–H and O–H groups in total. The number of fused-ring (bicyclic) bond motifs is 2. The van der Waals surface area contributed by atoms with Crippen LogP contribution in [0.1, 0.15) is 71.7 Å². The second kappa shape index (κ2) is 11.8. The van der Waals surface area contributed by atoms with Crippen LogP contribution in [-0.2, 0) is 33.3 Å². The van der Waals surface area contributed by atoms with E-state index in [-0.39, 0.29) is 29.6 Å². The zero-order valence-electron chi connectivity index (χ0n) is 26.2. The monoisotopic (exact) mass is 614 g/mol. The largest absolute Gasteiger partial charge is 0.462 e. The van der Waals surface area contributed by atoms with Crippen molar-refractivity contribution in [3.8, 4) is 0 Å². The van der Waals surface area contributed by atoms with E-state index >= 15 is 0 Å². The summed E-state index contributed by atoms with van der Waals surface area (Å²) in [6, 6.07) is 8.10. The maximum Gasteiger partial charge on any atom is 0.338 e. The highest BCUT2D eigenvalue weighted by atomic mass is 16.6. The molecule has 0 spiro atoms. The molecule has 0 aromatic heterocycles. The summed E-state index contributed by atoms with van der Waals surface area (Å²) in [5.41, 5.74) is -4.07. The van der Waals surface area contributed by atoms with Crippen LogP contribution in [0.15, 0.2) is 53.6 Å². The van der Waals surface area contributed by atoms with Crippen molar-refractivity contribution >= 4 is 23.9 Å². The van der Waals surface area contributed by atoms with Crippen LogP contribution in [0, 0.1) is 16.7 Å². The maximum atomic E-state index is 13.6. The quantitative estimate of drug-likeness (QED) is 0.245. The molecule has 9 unspecified atom stereocenters. The Morgan fingerprint density at radius 1 is 0.909 bits per heavy atom. The van der Waals surface area contributed by atoms with Gasteiger partial charge in [-0.2, -0.15) is 0 Å². The number of aliphatic hydroxyl groups is 3. The molecule has 4 rings (SSSR count). The van der Waals surface area contributed by atoms with E-state index in [9.17, 15) is 34.5 Å². The average Bonchev–Trinajstić information content (AvgIpc) is 3.18. The molecular weight excluding hydrogens is 572 g/mol. The zero-order valence-corrected chi connectivity index (χ0v) is 26.2. The smallest absolute Gasteiger partial charge is 0.338 e. The molecule has 2 saturated carbocycles. The number of benzene rings is 1. The Balaban J connectivity index is 2.11. The van der Waals surface area contributed by atoms with Crippen LogP contribution in [0.3, 0.4) is 0 Å². The lowest BCUT2D eigenvalue weighted by atomic mass is 9.54. The summed E-state index contributed by atoms with van der Waals surface area (Å²) in [5.74, 6) is -3.97. The van der Waals surface area contributed by atoms with Gasteiger partial charge in [0.1, 0.15) is 30.5 Å². The van der Waals surface area contributed by atoms with Crippen molar-refractivity contribution in [2.24, 2.45) is 16.7 Å². The molecule has 11 nitrogen and oxygen atoms in total. The predicted molar refractivity (Wildman–Crippen MR) is 156 cm³/mol. The van der Waals surface area contributed by atoms with Crippen molar-refractivity contribution in [2.45, 2.75) is 104 Å². The summed E-state index contributed by atoms with van der Waals surface area (Å²) in [6.07, 6.45) is -8.13. The number of ether oxygens (including phenoxy) is 4. The van der Waals surface area contributed by atoms with E-state index in [0.29, 0.717) is 5.57 Å². The first-order valence-corrected chi connectivity index (χ1v) is 14.6. The highest BCUT2D eigenvalue weighted by molar-refractivity contribution is 5.89. The fourth-order valence-corrected chi connectivity index (χ4v) is 7.85. The SMILES string of the molecule is C=C1C(O)CC(OC(C)=O)C2(C)C(OC(=O)c3ccccc3)C(O)C3=C(C)C(OC(C)=O)CC3(C(C)(C)O)C(OC(C)=O)C12. The Morgan fingerprint density at radius 2 is 1.48 bits per heavy atom. The number of hydrogen-bond donors (Lipinski definition) is 3. The van der Waals surface area contributed by atoms with Crippen LogP contribution < -0.4 is 0 Å². The van der Waals surface area contributed by atoms with Gasteiger partial charge in [0.05, 0.1) is 28.1 Å². The number of esters is 4. The van der Waals surface area contributed by atoms with Gasteiger partial charge >= 0.3 is 23.9 Å². The Morgan fingerprint density at radius 3 is 2.00 bits per heavy atom. The van der Waals surface area contributed by atoms with Crippen molar-refractivity contribution in [2.75, 3.05) is 0 Å². The molecular formula is C33H42O11. The van der Waals surface area contributed by atoms with E-state index in [2.05, 4.69) is 6.58 Å². The van der Waals surface area contributed by atoms with Gasteiger partial charge in [0.25, 0.3) is 0 Å². The molecule has 3 aliphatic rings. The number of hydrogen-bond acceptors (Lipinski definition) is 11. The van der Waals surface area contributed by atoms with Gasteiger partial charge in [0, 0.05) is 39.5 Å². The number of carbonyl (C=O) groups is 4. The lowest BCUT2D eigenvalue weighted by Crippen LogP contribution is -2.63. The highest BCUT2D eigenvalue weighted by Crippen LogP contribution is 2.65. The topological polar surface area (TPSA) is 166 Å². The van der Waals surface area contributed by atoms with Gasteiger partial charge in [-0.05, 0) is 49.6 Å². The van der Waals surface area contributed by atoms with Crippen molar-refractivity contribution in [1.82, 2.24) is 0 Å². The molecule has 1 aromatic rings. The molecule has 0 aliphatic heterocycles. The summed E-state index contributed by atoms with van der Waals surface area (Å²) in [5, 5.41) is 35.8. The van der Waals surface area contributed by atoms with Crippen LogP contribution in [0.5, 0.6) is 0 Å². The minimum atomic E-state index is -1.77. The van der Waals surface area contributed by atoms with Gasteiger partial charge in [-0.1, -0.05) is 31.7 Å². The lowest BCUT2D eigenvalue weighted by Gasteiger charge is -2.55. The summed E-state index contributed by atoms with van der Waals surface area (Å²) in [4.78, 5) is 51.1. The fourth-order valence-electron chi connectivity index (χ4n) is 7.85. The summed E-state index contributed by atoms with van der Waals surface area (Å²) >= 11 is 0. The van der Waals surface area contributed by atoms with Crippen molar-refractivity contribution in [3.05, 3.63) is 59.2 Å². The number of carbonyl (C=O) groups excluding carboxylic acids is 4. The van der Waals surface area contributed by atoms with E-state index < -0.39 is 82.8 Å². The first kappa shape index (κ1) is 33.4. The van der Waals surface area contributed by atoms with E-state index in [1.54, 1.807) is 32.0 Å². The van der Waals surface area contributed by atoms with E-state index in [1.807, 2.05) is 0 Å².